The molecule has 7 aromatic rings. The molecule has 0 amide bonds. The summed E-state index contributed by atoms with van der Waals surface area (Å²) in [6.45, 7) is 0.801. The van der Waals surface area contributed by atoms with Gasteiger partial charge in [0.15, 0.2) is 0 Å². The van der Waals surface area contributed by atoms with Crippen molar-refractivity contribution in [1.29, 1.82) is 0 Å². The molecule has 2 nitrogen and oxygen atoms in total. The molecule has 0 fully saturated rings. The lowest BCUT2D eigenvalue weighted by Crippen LogP contribution is -2.56. The highest BCUT2D eigenvalue weighted by atomic mass is 15.0. The van der Waals surface area contributed by atoms with Crippen molar-refractivity contribution in [2.45, 2.75) is 12.6 Å². The van der Waals surface area contributed by atoms with Crippen LogP contribution in [0, 0.1) is 12.3 Å². The molecular weight excluding hydrogens is 814 g/mol. The summed E-state index contributed by atoms with van der Waals surface area (Å²) >= 11 is 0. The number of aromatic nitrogens is 2. The Morgan fingerprint density at radius 1 is 0.371 bits per heavy atom. The van der Waals surface area contributed by atoms with E-state index < -0.39 is 0 Å². The van der Waals surface area contributed by atoms with Crippen molar-refractivity contribution in [2.75, 3.05) is 0 Å². The average molecular weight is 870 g/mol. The van der Waals surface area contributed by atoms with Crippen molar-refractivity contribution in [3.63, 3.8) is 0 Å². The number of terminal acetylenes is 1. The fraction of sp³-hybridized carbons (Fsp3) is 0.0476. The molecule has 28 heteroatoms. The summed E-state index contributed by atoms with van der Waals surface area (Å²) in [5.41, 5.74) is 46.7. The van der Waals surface area contributed by atoms with E-state index in [1.165, 1.54) is 203 Å². The van der Waals surface area contributed by atoms with Gasteiger partial charge in [0.2, 0.25) is 0 Å². The van der Waals surface area contributed by atoms with E-state index in [9.17, 15) is 0 Å². The van der Waals surface area contributed by atoms with Crippen LogP contribution in [0.3, 0.4) is 0 Å². The van der Waals surface area contributed by atoms with E-state index in [0.29, 0.717) is 0 Å². The number of benzene rings is 5. The van der Waals surface area contributed by atoms with E-state index in [1.807, 2.05) is 0 Å². The SMILES string of the molecule is BC1=C(B)C(n2c3c(B)c(B)c(B)c(B)c3c3c(B)c(-c4c(B)c(B)c5c(c4B)c4c(B)c(B)c(B)c(B)c4n5C/C(B)=C(B)\C(B)=C(\B)C#C)c(B)c(B)c32)C(B)=C1c1c(B)c(B)c(B)c(B)c1B. The van der Waals surface area contributed by atoms with Crippen molar-refractivity contribution >= 4 is 357 Å². The van der Waals surface area contributed by atoms with E-state index in [-0.39, 0.29) is 6.04 Å². The van der Waals surface area contributed by atoms with E-state index in [1.54, 1.807) is 0 Å². The lowest BCUT2D eigenvalue weighted by atomic mass is 9.58. The van der Waals surface area contributed by atoms with Crippen LogP contribution in [0.2, 0.25) is 0 Å². The molecule has 0 radical (unpaired) electrons. The summed E-state index contributed by atoms with van der Waals surface area (Å²) in [6.07, 6.45) is 5.94. The van der Waals surface area contributed by atoms with Gasteiger partial charge < -0.3 is 9.13 Å². The summed E-state index contributed by atoms with van der Waals surface area (Å²) in [7, 11) is 61.0. The van der Waals surface area contributed by atoms with Crippen LogP contribution in [0.4, 0.5) is 0 Å². The predicted molar refractivity (Wildman–Crippen MR) is 395 cm³/mol. The molecule has 0 saturated heterocycles. The smallest absolute Gasteiger partial charge is 0.149 e. The van der Waals surface area contributed by atoms with Crippen LogP contribution in [-0.4, -0.2) is 213 Å². The zero-order chi connectivity index (χ0) is 52.1. The zero-order valence-corrected chi connectivity index (χ0v) is 48.3. The first-order chi connectivity index (χ1) is 32.6. The molecule has 1 aliphatic carbocycles. The van der Waals surface area contributed by atoms with Crippen LogP contribution >= 0.6 is 0 Å². The van der Waals surface area contributed by atoms with Gasteiger partial charge in [-0.05, 0) is 38.5 Å². The van der Waals surface area contributed by atoms with Gasteiger partial charge in [-0.1, -0.05) is 110 Å². The van der Waals surface area contributed by atoms with Gasteiger partial charge in [0.1, 0.15) is 204 Å². The lowest BCUT2D eigenvalue weighted by Gasteiger charge is -2.27. The first-order valence-electron chi connectivity index (χ1n) is 25.9. The maximum atomic E-state index is 5.94. The van der Waals surface area contributed by atoms with Crippen LogP contribution in [0.5, 0.6) is 0 Å². The van der Waals surface area contributed by atoms with Crippen molar-refractivity contribution in [1.82, 2.24) is 9.13 Å². The number of hydrogen-bond donors (Lipinski definition) is 0. The minimum absolute atomic E-state index is 0.0984. The number of hydrogen-bond acceptors (Lipinski definition) is 0. The Hall–Kier alpha value is -4.09. The lowest BCUT2D eigenvalue weighted by molar-refractivity contribution is 0.769. The normalized spacial score (nSPS) is 14.9. The second-order valence-corrected chi connectivity index (χ2v) is 22.4. The topological polar surface area (TPSA) is 9.86 Å². The Balaban J connectivity index is 1.54. The summed E-state index contributed by atoms with van der Waals surface area (Å²) in [5, 5.41) is 5.63. The number of nitrogens with zero attached hydrogens (tertiary/aromatic N) is 2. The quantitative estimate of drug-likeness (QED) is 0.0895. The van der Waals surface area contributed by atoms with Crippen molar-refractivity contribution in [3.8, 4) is 23.5 Å². The van der Waals surface area contributed by atoms with E-state index in [4.69, 9.17) is 6.42 Å². The van der Waals surface area contributed by atoms with Crippen molar-refractivity contribution in [2.24, 2.45) is 0 Å². The number of allylic oxidation sites excluding steroid dienone is 8. The molecule has 0 spiro atoms. The standard InChI is InChI=1S/C42H56B26N2/c1-2-4(43)14(45)15(46)5(44)3-69-38-10(12-23(54)28(59)31(62)36(67)39(12)69)16(47)6(20(51)33(38)64)7-17(48)11-13-24(55)29(60)32(63)37(68)41(13)70(40(11)34(65)21(7)52)42-25(56)9(22(53)35(42)66)8-18(49)26(57)30(61)27(58)19(8)50/h1,42H,3,43-68H2/b14-4-,15-5-. The minimum atomic E-state index is 0.0984. The Morgan fingerprint density at radius 2 is 0.700 bits per heavy atom. The maximum Gasteiger partial charge on any atom is 0.149 e. The Kier molecular flexibility index (Phi) is 13.5. The highest BCUT2D eigenvalue weighted by Crippen LogP contribution is 2.43. The third-order valence-corrected chi connectivity index (χ3v) is 19.7. The Morgan fingerprint density at radius 3 is 1.16 bits per heavy atom. The molecule has 0 saturated carbocycles. The van der Waals surface area contributed by atoms with Gasteiger partial charge in [-0.2, -0.15) is 0 Å². The Labute approximate surface area is 443 Å². The van der Waals surface area contributed by atoms with Gasteiger partial charge in [-0.15, -0.1) is 39.2 Å². The summed E-state index contributed by atoms with van der Waals surface area (Å²) in [6, 6.07) is 0.0984. The maximum absolute atomic E-state index is 5.94. The van der Waals surface area contributed by atoms with E-state index in [0.717, 1.165) is 12.0 Å². The van der Waals surface area contributed by atoms with Crippen molar-refractivity contribution < 1.29 is 0 Å². The van der Waals surface area contributed by atoms with Gasteiger partial charge >= 0.3 is 0 Å². The molecule has 0 bridgehead atoms. The van der Waals surface area contributed by atoms with Gasteiger partial charge in [0.05, 0.1) is 6.04 Å². The summed E-state index contributed by atoms with van der Waals surface area (Å²) in [4.78, 5) is 0. The fourth-order valence-electron chi connectivity index (χ4n) is 13.6. The molecule has 312 valence electrons. The van der Waals surface area contributed by atoms with Crippen LogP contribution in [0.1, 0.15) is 11.6 Å². The Bertz CT molecular complexity index is 3790. The highest BCUT2D eigenvalue weighted by molar-refractivity contribution is 6.73. The zero-order valence-electron chi connectivity index (χ0n) is 48.3. The molecule has 2 heterocycles. The van der Waals surface area contributed by atoms with Crippen LogP contribution in [0.15, 0.2) is 38.3 Å². The monoisotopic (exact) mass is 875 g/mol. The van der Waals surface area contributed by atoms with Crippen molar-refractivity contribution in [3.05, 3.63) is 43.9 Å². The molecule has 0 N–H and O–H groups in total. The summed E-state index contributed by atoms with van der Waals surface area (Å²) in [5.74, 6) is 2.91. The molecule has 1 atom stereocenters. The highest BCUT2D eigenvalue weighted by Gasteiger charge is 2.35. The van der Waals surface area contributed by atoms with Gasteiger partial charge in [-0.3, -0.25) is 0 Å². The molecule has 1 aliphatic rings. The van der Waals surface area contributed by atoms with E-state index in [2.05, 4.69) is 219 Å². The second kappa shape index (κ2) is 18.1. The molecule has 8 rings (SSSR count). The summed E-state index contributed by atoms with van der Waals surface area (Å²) < 4.78 is 5.48. The molecular formula is C42H56B26N2. The molecule has 1 unspecified atom stereocenters. The molecule has 5 aromatic carbocycles. The molecule has 2 aromatic heterocycles. The average Bonchev–Trinajstić information content (AvgIpc) is 3.93. The number of rotatable bonds is 6. The number of fused-ring (bicyclic) bond motifs is 6. The second-order valence-electron chi connectivity index (χ2n) is 22.4. The van der Waals surface area contributed by atoms with Crippen LogP contribution in [0.25, 0.3) is 60.3 Å². The largest absolute Gasteiger partial charge is 0.338 e. The third kappa shape index (κ3) is 7.01. The van der Waals surface area contributed by atoms with Gasteiger partial charge in [0, 0.05) is 39.4 Å². The van der Waals surface area contributed by atoms with Crippen LogP contribution in [-0.2, 0) is 6.54 Å². The van der Waals surface area contributed by atoms with Gasteiger partial charge in [-0.25, -0.2) is 0 Å². The third-order valence-electron chi connectivity index (χ3n) is 19.7. The molecule has 0 aliphatic heterocycles. The van der Waals surface area contributed by atoms with Crippen LogP contribution < -0.4 is 104 Å². The first kappa shape index (κ1) is 52.2. The predicted octanol–water partition coefficient (Wildman–Crippen LogP) is -29.9. The fourth-order valence-corrected chi connectivity index (χ4v) is 13.6. The minimum Gasteiger partial charge on any atom is -0.338 e. The molecule has 70 heavy (non-hydrogen) atoms. The first-order valence-corrected chi connectivity index (χ1v) is 25.9. The van der Waals surface area contributed by atoms with Gasteiger partial charge in [0.25, 0.3) is 0 Å². The van der Waals surface area contributed by atoms with E-state index >= 15 is 0 Å².